The lowest BCUT2D eigenvalue weighted by molar-refractivity contribution is -0.129. The van der Waals surface area contributed by atoms with E-state index in [4.69, 9.17) is 11.6 Å². The number of rotatable bonds is 4. The highest BCUT2D eigenvalue weighted by Crippen LogP contribution is 2.30. The third-order valence-corrected chi connectivity index (χ3v) is 6.03. The Morgan fingerprint density at radius 3 is 2.60 bits per heavy atom. The number of carbonyl (C=O) groups is 2. The standard InChI is InChI=1S/C21H20ClN5O2S/c1-14(28)26-9-11-27(12-10-26)18-7-4-8-23-19(18)20(29)25-21-24-17(13-30-21)15-5-2-3-6-16(15)22/h2-8,13H,9-12H2,1H3,(H,24,25,29). The number of nitrogens with one attached hydrogen (secondary N) is 1. The van der Waals surface area contributed by atoms with Gasteiger partial charge in [-0.15, -0.1) is 11.3 Å². The van der Waals surface area contributed by atoms with Gasteiger partial charge in [-0.25, -0.2) is 9.97 Å². The summed E-state index contributed by atoms with van der Waals surface area (Å²) in [5.74, 6) is -0.253. The molecule has 1 aromatic carbocycles. The summed E-state index contributed by atoms with van der Waals surface area (Å²) in [7, 11) is 0. The fourth-order valence-corrected chi connectivity index (χ4v) is 4.31. The molecule has 30 heavy (non-hydrogen) atoms. The van der Waals surface area contributed by atoms with Gasteiger partial charge in [-0.3, -0.25) is 14.9 Å². The molecule has 0 atom stereocenters. The summed E-state index contributed by atoms with van der Waals surface area (Å²) in [6.45, 7) is 4.13. The van der Waals surface area contributed by atoms with Crippen molar-refractivity contribution in [2.24, 2.45) is 0 Å². The summed E-state index contributed by atoms with van der Waals surface area (Å²) in [5.41, 5.74) is 2.62. The van der Waals surface area contributed by atoms with Crippen LogP contribution in [0.3, 0.4) is 0 Å². The van der Waals surface area contributed by atoms with Crippen LogP contribution in [0.4, 0.5) is 10.8 Å². The molecule has 1 saturated heterocycles. The predicted octanol–water partition coefficient (Wildman–Crippen LogP) is 3.78. The third kappa shape index (κ3) is 4.29. The number of pyridine rings is 1. The van der Waals surface area contributed by atoms with Gasteiger partial charge < -0.3 is 9.80 Å². The van der Waals surface area contributed by atoms with Gasteiger partial charge in [0.15, 0.2) is 10.8 Å². The van der Waals surface area contributed by atoms with E-state index in [1.54, 1.807) is 24.1 Å². The minimum atomic E-state index is -0.320. The second-order valence-electron chi connectivity index (χ2n) is 6.84. The molecule has 1 aliphatic rings. The van der Waals surface area contributed by atoms with E-state index in [1.165, 1.54) is 11.3 Å². The maximum Gasteiger partial charge on any atom is 0.278 e. The van der Waals surface area contributed by atoms with Crippen LogP contribution in [0.1, 0.15) is 17.4 Å². The first-order valence-electron chi connectivity index (χ1n) is 9.50. The van der Waals surface area contributed by atoms with Crippen molar-refractivity contribution in [2.45, 2.75) is 6.92 Å². The quantitative estimate of drug-likeness (QED) is 0.666. The Morgan fingerprint density at radius 2 is 1.87 bits per heavy atom. The molecule has 2 aromatic heterocycles. The van der Waals surface area contributed by atoms with Crippen molar-refractivity contribution in [3.8, 4) is 11.3 Å². The lowest BCUT2D eigenvalue weighted by atomic mass is 10.2. The Balaban J connectivity index is 1.50. The van der Waals surface area contributed by atoms with Crippen LogP contribution in [0.2, 0.25) is 5.02 Å². The number of benzene rings is 1. The Morgan fingerprint density at radius 1 is 1.10 bits per heavy atom. The molecule has 1 fully saturated rings. The largest absolute Gasteiger partial charge is 0.366 e. The highest BCUT2D eigenvalue weighted by Gasteiger charge is 2.24. The Bertz CT molecular complexity index is 1080. The molecule has 3 aromatic rings. The van der Waals surface area contributed by atoms with Crippen molar-refractivity contribution in [2.75, 3.05) is 36.4 Å². The van der Waals surface area contributed by atoms with E-state index >= 15 is 0 Å². The van der Waals surface area contributed by atoms with Crippen molar-refractivity contribution in [3.63, 3.8) is 0 Å². The first kappa shape index (κ1) is 20.3. The Labute approximate surface area is 183 Å². The van der Waals surface area contributed by atoms with E-state index in [1.807, 2.05) is 35.7 Å². The maximum absolute atomic E-state index is 12.9. The van der Waals surface area contributed by atoms with Gasteiger partial charge in [-0.1, -0.05) is 29.8 Å². The molecule has 9 heteroatoms. The molecular formula is C21H20ClN5O2S. The predicted molar refractivity (Wildman–Crippen MR) is 119 cm³/mol. The summed E-state index contributed by atoms with van der Waals surface area (Å²) in [6, 6.07) is 11.1. The normalized spacial score (nSPS) is 13.9. The van der Waals surface area contributed by atoms with Crippen LogP contribution in [0.5, 0.6) is 0 Å². The molecule has 4 rings (SSSR count). The van der Waals surface area contributed by atoms with Crippen molar-refractivity contribution < 1.29 is 9.59 Å². The average Bonchev–Trinajstić information content (AvgIpc) is 3.22. The lowest BCUT2D eigenvalue weighted by Crippen LogP contribution is -2.48. The van der Waals surface area contributed by atoms with Crippen LogP contribution in [-0.4, -0.2) is 52.9 Å². The first-order valence-corrected chi connectivity index (χ1v) is 10.8. The smallest absolute Gasteiger partial charge is 0.278 e. The topological polar surface area (TPSA) is 78.4 Å². The van der Waals surface area contributed by atoms with E-state index in [0.717, 1.165) is 11.3 Å². The van der Waals surface area contributed by atoms with Crippen LogP contribution in [0.15, 0.2) is 48.0 Å². The zero-order chi connectivity index (χ0) is 21.1. The molecule has 0 saturated carbocycles. The fraction of sp³-hybridized carbons (Fsp3) is 0.238. The van der Waals surface area contributed by atoms with Crippen molar-refractivity contribution >= 4 is 45.6 Å². The lowest BCUT2D eigenvalue weighted by Gasteiger charge is -2.36. The van der Waals surface area contributed by atoms with E-state index in [-0.39, 0.29) is 11.8 Å². The van der Waals surface area contributed by atoms with E-state index in [0.29, 0.717) is 47.7 Å². The summed E-state index contributed by atoms with van der Waals surface area (Å²) in [6.07, 6.45) is 1.60. The van der Waals surface area contributed by atoms with Crippen molar-refractivity contribution in [3.05, 3.63) is 58.7 Å². The fourth-order valence-electron chi connectivity index (χ4n) is 3.37. The number of aromatic nitrogens is 2. The number of amides is 2. The number of hydrogen-bond donors (Lipinski definition) is 1. The maximum atomic E-state index is 12.9. The molecule has 0 radical (unpaired) electrons. The number of anilines is 2. The second kappa shape index (κ2) is 8.81. The van der Waals surface area contributed by atoms with Crippen LogP contribution in [0.25, 0.3) is 11.3 Å². The molecule has 2 amide bonds. The molecule has 0 unspecified atom stereocenters. The zero-order valence-electron chi connectivity index (χ0n) is 16.3. The number of halogens is 1. The van der Waals surface area contributed by atoms with Gasteiger partial charge >= 0.3 is 0 Å². The minimum Gasteiger partial charge on any atom is -0.366 e. The van der Waals surface area contributed by atoms with Gasteiger partial charge in [0.1, 0.15) is 0 Å². The molecule has 1 aliphatic heterocycles. The third-order valence-electron chi connectivity index (χ3n) is 4.94. The van der Waals surface area contributed by atoms with Gasteiger partial charge in [-0.2, -0.15) is 0 Å². The molecule has 0 aliphatic carbocycles. The molecule has 0 spiro atoms. The summed E-state index contributed by atoms with van der Waals surface area (Å²) >= 11 is 7.58. The van der Waals surface area contributed by atoms with Gasteiger partial charge in [-0.05, 0) is 18.2 Å². The number of carbonyl (C=O) groups excluding carboxylic acids is 2. The van der Waals surface area contributed by atoms with Crippen LogP contribution < -0.4 is 10.2 Å². The second-order valence-corrected chi connectivity index (χ2v) is 8.10. The first-order chi connectivity index (χ1) is 14.5. The average molecular weight is 442 g/mol. The van der Waals surface area contributed by atoms with Crippen molar-refractivity contribution in [1.82, 2.24) is 14.9 Å². The van der Waals surface area contributed by atoms with Gasteiger partial charge in [0.05, 0.1) is 11.4 Å². The monoisotopic (exact) mass is 441 g/mol. The molecule has 1 N–H and O–H groups in total. The van der Waals surface area contributed by atoms with Gasteiger partial charge in [0, 0.05) is 55.3 Å². The van der Waals surface area contributed by atoms with E-state index in [2.05, 4.69) is 20.2 Å². The van der Waals surface area contributed by atoms with Crippen LogP contribution >= 0.6 is 22.9 Å². The molecule has 154 valence electrons. The Kier molecular flexibility index (Phi) is 5.96. The van der Waals surface area contributed by atoms with Gasteiger partial charge in [0.2, 0.25) is 5.91 Å². The SMILES string of the molecule is CC(=O)N1CCN(c2cccnc2C(=O)Nc2nc(-c3ccccc3Cl)cs2)CC1. The highest BCUT2D eigenvalue weighted by molar-refractivity contribution is 7.14. The number of nitrogens with zero attached hydrogens (tertiary/aromatic N) is 4. The van der Waals surface area contributed by atoms with Crippen molar-refractivity contribution in [1.29, 1.82) is 0 Å². The Hall–Kier alpha value is -2.97. The molecule has 0 bridgehead atoms. The van der Waals surface area contributed by atoms with Crippen LogP contribution in [-0.2, 0) is 4.79 Å². The van der Waals surface area contributed by atoms with E-state index in [9.17, 15) is 9.59 Å². The number of hydrogen-bond acceptors (Lipinski definition) is 6. The number of piperazine rings is 1. The van der Waals surface area contributed by atoms with Gasteiger partial charge in [0.25, 0.3) is 5.91 Å². The van der Waals surface area contributed by atoms with E-state index < -0.39 is 0 Å². The zero-order valence-corrected chi connectivity index (χ0v) is 17.9. The summed E-state index contributed by atoms with van der Waals surface area (Å²) in [4.78, 5) is 37.2. The number of thiazole rings is 1. The molecular weight excluding hydrogens is 422 g/mol. The minimum absolute atomic E-state index is 0.0666. The molecule has 7 nitrogen and oxygen atoms in total. The summed E-state index contributed by atoms with van der Waals surface area (Å²) in [5, 5.41) is 5.79. The van der Waals surface area contributed by atoms with Crippen LogP contribution in [0, 0.1) is 0 Å². The molecule has 3 heterocycles. The highest BCUT2D eigenvalue weighted by atomic mass is 35.5. The summed E-state index contributed by atoms with van der Waals surface area (Å²) < 4.78 is 0.